The first kappa shape index (κ1) is 15.2. The van der Waals surface area contributed by atoms with Gasteiger partial charge in [-0.1, -0.05) is 43.0 Å². The van der Waals surface area contributed by atoms with E-state index < -0.39 is 11.7 Å². The maximum Gasteiger partial charge on any atom is 0.434 e. The lowest BCUT2D eigenvalue weighted by Crippen LogP contribution is -2.38. The molecule has 104 valence electrons. The van der Waals surface area contributed by atoms with E-state index in [-0.39, 0.29) is 6.61 Å². The minimum Gasteiger partial charge on any atom is -0.444 e. The number of hydrogen-bond donors (Lipinski definition) is 0. The molecule has 1 rings (SSSR count). The molecule has 0 heterocycles. The first-order chi connectivity index (χ1) is 8.92. The molecular weight excluding hydrogens is 242 g/mol. The summed E-state index contributed by atoms with van der Waals surface area (Å²) in [4.78, 5) is 17.5. The average molecular weight is 263 g/mol. The maximum atomic E-state index is 11.9. The van der Waals surface area contributed by atoms with Crippen LogP contribution in [0, 0.1) is 0 Å². The van der Waals surface area contributed by atoms with Crippen molar-refractivity contribution >= 4 is 6.09 Å². The van der Waals surface area contributed by atoms with Gasteiger partial charge in [-0.15, -0.1) is 0 Å². The van der Waals surface area contributed by atoms with Gasteiger partial charge in [0, 0.05) is 0 Å². The molecule has 19 heavy (non-hydrogen) atoms. The molecule has 0 unspecified atom stereocenters. The smallest absolute Gasteiger partial charge is 0.434 e. The summed E-state index contributed by atoms with van der Waals surface area (Å²) in [5.74, 6) is 0. The first-order valence-corrected chi connectivity index (χ1v) is 6.20. The van der Waals surface area contributed by atoms with Gasteiger partial charge in [0.15, 0.2) is 0 Å². The second kappa shape index (κ2) is 6.95. The van der Waals surface area contributed by atoms with E-state index in [9.17, 15) is 4.79 Å². The van der Waals surface area contributed by atoms with Gasteiger partial charge in [0.2, 0.25) is 0 Å². The minimum absolute atomic E-state index is 0.164. The van der Waals surface area contributed by atoms with E-state index >= 15 is 0 Å². The quantitative estimate of drug-likeness (QED) is 0.602. The Hall–Kier alpha value is -1.81. The fourth-order valence-electron chi connectivity index (χ4n) is 1.42. The third-order valence-electron chi connectivity index (χ3n) is 2.08. The van der Waals surface area contributed by atoms with Gasteiger partial charge in [0.1, 0.15) is 6.61 Å². The zero-order chi connectivity index (χ0) is 14.3. The van der Waals surface area contributed by atoms with Gasteiger partial charge >= 0.3 is 6.09 Å². The molecule has 4 heteroatoms. The van der Waals surface area contributed by atoms with E-state index in [1.54, 1.807) is 0 Å². The van der Waals surface area contributed by atoms with Crippen molar-refractivity contribution in [2.24, 2.45) is 0 Å². The molecule has 0 radical (unpaired) electrons. The molecule has 0 bridgehead atoms. The van der Waals surface area contributed by atoms with Crippen LogP contribution in [0.15, 0.2) is 43.0 Å². The summed E-state index contributed by atoms with van der Waals surface area (Å²) in [5.41, 5.74) is 0.504. The van der Waals surface area contributed by atoms with Gasteiger partial charge in [-0.25, -0.2) is 4.79 Å². The van der Waals surface area contributed by atoms with Crippen LogP contribution < -0.4 is 0 Å². The van der Waals surface area contributed by atoms with E-state index in [1.807, 2.05) is 51.1 Å². The van der Waals surface area contributed by atoms with Crippen LogP contribution in [0.3, 0.4) is 0 Å². The molecule has 0 aromatic heterocycles. The molecule has 4 nitrogen and oxygen atoms in total. The Kier molecular flexibility index (Phi) is 5.57. The number of carbonyl (C=O) groups excluding carboxylic acids is 1. The van der Waals surface area contributed by atoms with Crippen molar-refractivity contribution in [3.63, 3.8) is 0 Å². The monoisotopic (exact) mass is 263 g/mol. The zero-order valence-electron chi connectivity index (χ0n) is 11.8. The van der Waals surface area contributed by atoms with Crippen LogP contribution in [-0.4, -0.2) is 23.4 Å². The summed E-state index contributed by atoms with van der Waals surface area (Å²) in [7, 11) is 0. The Morgan fingerprint density at radius 3 is 2.47 bits per heavy atom. The largest absolute Gasteiger partial charge is 0.444 e. The molecule has 0 aliphatic heterocycles. The Balaban J connectivity index is 2.74. The summed E-state index contributed by atoms with van der Waals surface area (Å²) < 4.78 is 5.02. The molecule has 0 saturated heterocycles. The summed E-state index contributed by atoms with van der Waals surface area (Å²) in [6, 6.07) is 9.62. The number of benzene rings is 1. The second-order valence-electron chi connectivity index (χ2n) is 5.09. The first-order valence-electron chi connectivity index (χ1n) is 6.20. The molecule has 1 amide bonds. The van der Waals surface area contributed by atoms with Gasteiger partial charge in [-0.2, -0.15) is 5.06 Å². The van der Waals surface area contributed by atoms with Gasteiger partial charge in [0.25, 0.3) is 0 Å². The van der Waals surface area contributed by atoms with Crippen LogP contribution in [0.5, 0.6) is 0 Å². The van der Waals surface area contributed by atoms with Gasteiger partial charge in [0.05, 0.1) is 12.1 Å². The third-order valence-corrected chi connectivity index (χ3v) is 2.08. The lowest BCUT2D eigenvalue weighted by atomic mass is 10.2. The Morgan fingerprint density at radius 1 is 1.32 bits per heavy atom. The number of hydroxylamine groups is 2. The predicted molar refractivity (Wildman–Crippen MR) is 74.4 cm³/mol. The Morgan fingerprint density at radius 2 is 1.95 bits per heavy atom. The fraction of sp³-hybridized carbons (Fsp3) is 0.400. The molecule has 0 aliphatic rings. The fourth-order valence-corrected chi connectivity index (χ4v) is 1.42. The van der Waals surface area contributed by atoms with Gasteiger partial charge in [-0.05, 0) is 26.3 Å². The van der Waals surface area contributed by atoms with Crippen LogP contribution in [0.1, 0.15) is 26.3 Å². The highest BCUT2D eigenvalue weighted by atomic mass is 16.7. The molecular formula is C15H21NO3. The molecule has 0 spiro atoms. The number of carbonyl (C=O) groups is 1. The molecule has 1 aromatic rings. The summed E-state index contributed by atoms with van der Waals surface area (Å²) in [5, 5.41) is 1.23. The second-order valence-corrected chi connectivity index (χ2v) is 5.09. The Labute approximate surface area is 114 Å². The average Bonchev–Trinajstić information content (AvgIpc) is 2.35. The lowest BCUT2D eigenvalue weighted by Gasteiger charge is -2.29. The normalized spacial score (nSPS) is 10.9. The van der Waals surface area contributed by atoms with Crippen LogP contribution in [-0.2, 0) is 16.1 Å². The van der Waals surface area contributed by atoms with Crippen molar-refractivity contribution in [1.82, 2.24) is 5.06 Å². The van der Waals surface area contributed by atoms with Gasteiger partial charge in [-0.3, -0.25) is 4.84 Å². The SMILES string of the molecule is C=CCOC(=O)N(Cc1ccccc1)OC(C)(C)C. The number of hydrogen-bond acceptors (Lipinski definition) is 3. The Bertz CT molecular complexity index is 409. The van der Waals surface area contributed by atoms with Crippen molar-refractivity contribution < 1.29 is 14.4 Å². The van der Waals surface area contributed by atoms with Crippen LogP contribution in [0.25, 0.3) is 0 Å². The number of amides is 1. The van der Waals surface area contributed by atoms with Crippen molar-refractivity contribution in [3.8, 4) is 0 Å². The molecule has 0 saturated carbocycles. The topological polar surface area (TPSA) is 38.8 Å². The predicted octanol–water partition coefficient (Wildman–Crippen LogP) is 3.54. The standard InChI is InChI=1S/C15H21NO3/c1-5-11-18-14(17)16(19-15(2,3)4)12-13-9-7-6-8-10-13/h5-10H,1,11-12H2,2-4H3. The number of rotatable bonds is 5. The van der Waals surface area contributed by atoms with Crippen LogP contribution >= 0.6 is 0 Å². The van der Waals surface area contributed by atoms with E-state index in [1.165, 1.54) is 11.1 Å². The molecule has 1 aromatic carbocycles. The highest BCUT2D eigenvalue weighted by Gasteiger charge is 2.23. The summed E-state index contributed by atoms with van der Waals surface area (Å²) in [6.07, 6.45) is 1.01. The summed E-state index contributed by atoms with van der Waals surface area (Å²) in [6.45, 7) is 9.66. The summed E-state index contributed by atoms with van der Waals surface area (Å²) >= 11 is 0. The minimum atomic E-state index is -0.515. The number of ether oxygens (including phenoxy) is 1. The van der Waals surface area contributed by atoms with E-state index in [0.717, 1.165) is 5.56 Å². The third kappa shape index (κ3) is 6.06. The lowest BCUT2D eigenvalue weighted by molar-refractivity contribution is -0.210. The van der Waals surface area contributed by atoms with E-state index in [0.29, 0.717) is 6.54 Å². The van der Waals surface area contributed by atoms with E-state index in [4.69, 9.17) is 9.57 Å². The molecule has 0 fully saturated rings. The molecule has 0 N–H and O–H groups in total. The van der Waals surface area contributed by atoms with Crippen molar-refractivity contribution in [3.05, 3.63) is 48.6 Å². The van der Waals surface area contributed by atoms with Crippen LogP contribution in [0.4, 0.5) is 4.79 Å². The molecule has 0 atom stereocenters. The number of nitrogens with zero attached hydrogens (tertiary/aromatic N) is 1. The van der Waals surface area contributed by atoms with Crippen molar-refractivity contribution in [2.75, 3.05) is 6.61 Å². The zero-order valence-corrected chi connectivity index (χ0v) is 11.8. The van der Waals surface area contributed by atoms with E-state index in [2.05, 4.69) is 6.58 Å². The highest BCUT2D eigenvalue weighted by Crippen LogP contribution is 2.15. The highest BCUT2D eigenvalue weighted by molar-refractivity contribution is 5.66. The maximum absolute atomic E-state index is 11.9. The van der Waals surface area contributed by atoms with Crippen LogP contribution in [0.2, 0.25) is 0 Å². The van der Waals surface area contributed by atoms with Gasteiger partial charge < -0.3 is 4.74 Å². The molecule has 0 aliphatic carbocycles. The van der Waals surface area contributed by atoms with Crippen molar-refractivity contribution in [2.45, 2.75) is 32.9 Å². The van der Waals surface area contributed by atoms with Crippen molar-refractivity contribution in [1.29, 1.82) is 0 Å².